The Balaban J connectivity index is 1.34. The van der Waals surface area contributed by atoms with E-state index < -0.39 is 5.41 Å². The molecule has 1 aliphatic carbocycles. The molecule has 2 aromatic rings. The summed E-state index contributed by atoms with van der Waals surface area (Å²) < 4.78 is 11.2. The van der Waals surface area contributed by atoms with Crippen molar-refractivity contribution in [3.63, 3.8) is 0 Å². The Bertz CT molecular complexity index is 873. The van der Waals surface area contributed by atoms with Crippen LogP contribution in [-0.2, 0) is 10.2 Å². The summed E-state index contributed by atoms with van der Waals surface area (Å²) in [4.78, 5) is 15.9. The molecular weight excluding hydrogens is 400 g/mol. The summed E-state index contributed by atoms with van der Waals surface area (Å²) in [7, 11) is 1.66. The zero-order valence-electron chi connectivity index (χ0n) is 19.4. The number of carbonyl (C=O) groups excluding carboxylic acids is 1. The van der Waals surface area contributed by atoms with E-state index in [1.54, 1.807) is 7.11 Å². The van der Waals surface area contributed by atoms with Crippen molar-refractivity contribution >= 4 is 11.6 Å². The second kappa shape index (κ2) is 10.4. The standard InChI is InChI=1S/C27H36N2O3/c1-21-6-5-17-29(20-21)18-19-32-25-13-9-23(10-14-25)28-26(30)27(15-3-4-16-27)22-7-11-24(31-2)12-8-22/h7-14,21H,3-6,15-20H2,1-2H3,(H,28,30)/t21-/m0/s1. The van der Waals surface area contributed by atoms with Crippen molar-refractivity contribution in [2.75, 3.05) is 38.7 Å². The van der Waals surface area contributed by atoms with Crippen LogP contribution in [0.15, 0.2) is 48.5 Å². The molecule has 0 bridgehead atoms. The molecule has 1 atom stereocenters. The molecule has 0 aromatic heterocycles. The van der Waals surface area contributed by atoms with Gasteiger partial charge in [0.1, 0.15) is 18.1 Å². The van der Waals surface area contributed by atoms with Gasteiger partial charge in [0.2, 0.25) is 5.91 Å². The molecule has 32 heavy (non-hydrogen) atoms. The highest BCUT2D eigenvalue weighted by Crippen LogP contribution is 2.42. The molecule has 5 heteroatoms. The van der Waals surface area contributed by atoms with E-state index in [2.05, 4.69) is 17.1 Å². The second-order valence-corrected chi connectivity index (χ2v) is 9.39. The maximum atomic E-state index is 13.4. The van der Waals surface area contributed by atoms with Crippen molar-refractivity contribution < 1.29 is 14.3 Å². The molecule has 1 heterocycles. The second-order valence-electron chi connectivity index (χ2n) is 9.39. The Morgan fingerprint density at radius 3 is 2.38 bits per heavy atom. The first kappa shape index (κ1) is 22.7. The lowest BCUT2D eigenvalue weighted by molar-refractivity contribution is -0.121. The van der Waals surface area contributed by atoms with Gasteiger partial charge in [-0.2, -0.15) is 0 Å². The van der Waals surface area contributed by atoms with Crippen LogP contribution >= 0.6 is 0 Å². The first-order valence-corrected chi connectivity index (χ1v) is 12.0. The number of nitrogens with one attached hydrogen (secondary N) is 1. The minimum atomic E-state index is -0.465. The molecule has 0 unspecified atom stereocenters. The van der Waals surface area contributed by atoms with E-state index in [1.807, 2.05) is 48.5 Å². The third-order valence-corrected chi connectivity index (χ3v) is 7.06. The highest BCUT2D eigenvalue weighted by molar-refractivity contribution is 5.99. The normalized spacial score (nSPS) is 20.6. The molecule has 1 saturated carbocycles. The predicted octanol–water partition coefficient (Wildman–Crippen LogP) is 5.26. The molecular formula is C27H36N2O3. The average Bonchev–Trinajstić information content (AvgIpc) is 3.32. The molecule has 0 radical (unpaired) electrons. The van der Waals surface area contributed by atoms with Gasteiger partial charge in [-0.25, -0.2) is 0 Å². The van der Waals surface area contributed by atoms with Gasteiger partial charge < -0.3 is 14.8 Å². The van der Waals surface area contributed by atoms with Crippen LogP contribution in [-0.4, -0.2) is 44.2 Å². The first-order chi connectivity index (χ1) is 15.6. The fourth-order valence-electron chi connectivity index (χ4n) is 5.20. The molecule has 0 spiro atoms. The number of nitrogens with zero attached hydrogens (tertiary/aromatic N) is 1. The van der Waals surface area contributed by atoms with E-state index >= 15 is 0 Å². The van der Waals surface area contributed by atoms with Gasteiger partial charge in [-0.3, -0.25) is 9.69 Å². The van der Waals surface area contributed by atoms with Crippen molar-refractivity contribution in [1.29, 1.82) is 0 Å². The molecule has 1 amide bonds. The number of carbonyl (C=O) groups is 1. The Kier molecular flexibility index (Phi) is 7.36. The van der Waals surface area contributed by atoms with E-state index in [1.165, 1.54) is 25.9 Å². The van der Waals surface area contributed by atoms with Crippen LogP contribution in [0.4, 0.5) is 5.69 Å². The summed E-state index contributed by atoms with van der Waals surface area (Å²) in [6.45, 7) is 6.33. The molecule has 4 rings (SSSR count). The van der Waals surface area contributed by atoms with E-state index in [0.717, 1.165) is 60.9 Å². The number of hydrogen-bond donors (Lipinski definition) is 1. The van der Waals surface area contributed by atoms with E-state index in [0.29, 0.717) is 6.61 Å². The van der Waals surface area contributed by atoms with Crippen LogP contribution in [0.25, 0.3) is 0 Å². The van der Waals surface area contributed by atoms with Gasteiger partial charge in [-0.1, -0.05) is 31.9 Å². The lowest BCUT2D eigenvalue weighted by atomic mass is 9.78. The molecule has 1 saturated heterocycles. The Morgan fingerprint density at radius 1 is 1.03 bits per heavy atom. The summed E-state index contributed by atoms with van der Waals surface area (Å²) in [5, 5.41) is 3.16. The lowest BCUT2D eigenvalue weighted by Gasteiger charge is -2.30. The summed E-state index contributed by atoms with van der Waals surface area (Å²) >= 11 is 0. The van der Waals surface area contributed by atoms with Crippen molar-refractivity contribution in [3.05, 3.63) is 54.1 Å². The largest absolute Gasteiger partial charge is 0.497 e. The highest BCUT2D eigenvalue weighted by Gasteiger charge is 2.42. The minimum Gasteiger partial charge on any atom is -0.497 e. The topological polar surface area (TPSA) is 50.8 Å². The van der Waals surface area contributed by atoms with Crippen molar-refractivity contribution in [1.82, 2.24) is 4.90 Å². The maximum Gasteiger partial charge on any atom is 0.235 e. The number of hydrogen-bond acceptors (Lipinski definition) is 4. The van der Waals surface area contributed by atoms with Gasteiger partial charge in [0.25, 0.3) is 0 Å². The van der Waals surface area contributed by atoms with Crippen LogP contribution in [0.1, 0.15) is 51.0 Å². The predicted molar refractivity (Wildman–Crippen MR) is 129 cm³/mol. The molecule has 1 aliphatic heterocycles. The number of likely N-dealkylation sites (tertiary alicyclic amines) is 1. The summed E-state index contributed by atoms with van der Waals surface area (Å²) in [6.07, 6.45) is 6.52. The first-order valence-electron chi connectivity index (χ1n) is 12.0. The van der Waals surface area contributed by atoms with Crippen molar-refractivity contribution in [2.45, 2.75) is 50.9 Å². The number of anilines is 1. The molecule has 1 N–H and O–H groups in total. The number of rotatable bonds is 8. The van der Waals surface area contributed by atoms with Gasteiger partial charge in [0, 0.05) is 18.8 Å². The highest BCUT2D eigenvalue weighted by atomic mass is 16.5. The fourth-order valence-corrected chi connectivity index (χ4v) is 5.20. The van der Waals surface area contributed by atoms with E-state index in [4.69, 9.17) is 9.47 Å². The minimum absolute atomic E-state index is 0.0769. The Hall–Kier alpha value is -2.53. The summed E-state index contributed by atoms with van der Waals surface area (Å²) in [6, 6.07) is 15.7. The smallest absolute Gasteiger partial charge is 0.235 e. The number of methoxy groups -OCH3 is 1. The summed E-state index contributed by atoms with van der Waals surface area (Å²) in [5.74, 6) is 2.52. The summed E-state index contributed by atoms with van der Waals surface area (Å²) in [5.41, 5.74) is 1.42. The van der Waals surface area contributed by atoms with Crippen LogP contribution in [0.2, 0.25) is 0 Å². The van der Waals surface area contributed by atoms with Gasteiger partial charge in [-0.15, -0.1) is 0 Å². The fraction of sp³-hybridized carbons (Fsp3) is 0.519. The quantitative estimate of drug-likeness (QED) is 0.614. The third kappa shape index (κ3) is 5.26. The third-order valence-electron chi connectivity index (χ3n) is 7.06. The average molecular weight is 437 g/mol. The molecule has 172 valence electrons. The SMILES string of the molecule is COc1ccc(C2(C(=O)Nc3ccc(OCCN4CCC[C@H](C)C4)cc3)CCCC2)cc1. The molecule has 2 aromatic carbocycles. The van der Waals surface area contributed by atoms with Gasteiger partial charge in [0.05, 0.1) is 12.5 Å². The van der Waals surface area contributed by atoms with Gasteiger partial charge in [-0.05, 0) is 80.1 Å². The van der Waals surface area contributed by atoms with Crippen LogP contribution in [0, 0.1) is 5.92 Å². The van der Waals surface area contributed by atoms with Crippen LogP contribution in [0.3, 0.4) is 0 Å². The number of amides is 1. The monoisotopic (exact) mass is 436 g/mol. The van der Waals surface area contributed by atoms with Gasteiger partial charge in [0.15, 0.2) is 0 Å². The molecule has 5 nitrogen and oxygen atoms in total. The Morgan fingerprint density at radius 2 is 1.72 bits per heavy atom. The van der Waals surface area contributed by atoms with Crippen molar-refractivity contribution in [3.8, 4) is 11.5 Å². The number of ether oxygens (including phenoxy) is 2. The molecule has 2 fully saturated rings. The number of benzene rings is 2. The molecule has 2 aliphatic rings. The van der Waals surface area contributed by atoms with Crippen molar-refractivity contribution in [2.24, 2.45) is 5.92 Å². The zero-order valence-corrected chi connectivity index (χ0v) is 19.4. The van der Waals surface area contributed by atoms with Crippen LogP contribution < -0.4 is 14.8 Å². The van der Waals surface area contributed by atoms with Gasteiger partial charge >= 0.3 is 0 Å². The van der Waals surface area contributed by atoms with E-state index in [-0.39, 0.29) is 5.91 Å². The zero-order chi connectivity index (χ0) is 22.4. The maximum absolute atomic E-state index is 13.4. The van der Waals surface area contributed by atoms with E-state index in [9.17, 15) is 4.79 Å². The Labute approximate surface area is 192 Å². The van der Waals surface area contributed by atoms with Crippen LogP contribution in [0.5, 0.6) is 11.5 Å². The lowest BCUT2D eigenvalue weighted by Crippen LogP contribution is -2.38. The number of piperidine rings is 1.